The topological polar surface area (TPSA) is 65.4 Å². The summed E-state index contributed by atoms with van der Waals surface area (Å²) in [6, 6.07) is 14.8. The fourth-order valence-electron chi connectivity index (χ4n) is 3.04. The van der Waals surface area contributed by atoms with Gasteiger partial charge in [-0.3, -0.25) is 9.69 Å². The van der Waals surface area contributed by atoms with Gasteiger partial charge < -0.3 is 14.7 Å². The number of anilines is 1. The SMILES string of the molecule is CN1C(=O)/C(=C/c2ccc(O)cc2)SC1=Nc1ccc(N2CCOCC2)cc1. The maximum absolute atomic E-state index is 12.5. The molecule has 0 atom stereocenters. The molecule has 6 nitrogen and oxygen atoms in total. The van der Waals surface area contributed by atoms with E-state index in [0.717, 1.165) is 43.2 Å². The van der Waals surface area contributed by atoms with Crippen molar-refractivity contribution in [3.63, 3.8) is 0 Å². The van der Waals surface area contributed by atoms with Crippen molar-refractivity contribution in [2.75, 3.05) is 38.3 Å². The predicted molar refractivity (Wildman–Crippen MR) is 113 cm³/mol. The van der Waals surface area contributed by atoms with Crippen molar-refractivity contribution in [3.05, 3.63) is 59.0 Å². The smallest absolute Gasteiger partial charge is 0.266 e. The first-order valence-electron chi connectivity index (χ1n) is 9.08. The van der Waals surface area contributed by atoms with Gasteiger partial charge in [0, 0.05) is 25.8 Å². The predicted octanol–water partition coefficient (Wildman–Crippen LogP) is 3.46. The fourth-order valence-corrected chi connectivity index (χ4v) is 4.03. The van der Waals surface area contributed by atoms with Gasteiger partial charge in [-0.05, 0) is 59.8 Å². The summed E-state index contributed by atoms with van der Waals surface area (Å²) in [6.07, 6.45) is 1.81. The average Bonchev–Trinajstić information content (AvgIpc) is 2.99. The van der Waals surface area contributed by atoms with Crippen LogP contribution >= 0.6 is 11.8 Å². The van der Waals surface area contributed by atoms with Crippen LogP contribution in [0.25, 0.3) is 6.08 Å². The largest absolute Gasteiger partial charge is 0.508 e. The van der Waals surface area contributed by atoms with Crippen LogP contribution in [0.5, 0.6) is 5.75 Å². The molecule has 4 rings (SSSR count). The van der Waals surface area contributed by atoms with Gasteiger partial charge in [-0.2, -0.15) is 0 Å². The van der Waals surface area contributed by atoms with Crippen LogP contribution < -0.4 is 4.90 Å². The van der Waals surface area contributed by atoms with E-state index in [-0.39, 0.29) is 11.7 Å². The first kappa shape index (κ1) is 18.6. The van der Waals surface area contributed by atoms with Crippen LogP contribution in [0.1, 0.15) is 5.56 Å². The molecule has 2 aliphatic heterocycles. The molecule has 0 aromatic heterocycles. The Labute approximate surface area is 168 Å². The highest BCUT2D eigenvalue weighted by Crippen LogP contribution is 2.33. The molecule has 7 heteroatoms. The van der Waals surface area contributed by atoms with Crippen molar-refractivity contribution in [1.29, 1.82) is 0 Å². The van der Waals surface area contributed by atoms with Gasteiger partial charge in [0.2, 0.25) is 0 Å². The van der Waals surface area contributed by atoms with E-state index in [1.54, 1.807) is 36.2 Å². The highest BCUT2D eigenvalue weighted by atomic mass is 32.2. The molecule has 0 bridgehead atoms. The number of amides is 1. The maximum atomic E-state index is 12.5. The quantitative estimate of drug-likeness (QED) is 0.807. The molecule has 0 saturated carbocycles. The molecule has 2 aromatic carbocycles. The molecule has 0 spiro atoms. The van der Waals surface area contributed by atoms with Crippen LogP contribution in [0.15, 0.2) is 58.4 Å². The number of phenols is 1. The van der Waals surface area contributed by atoms with Crippen molar-refractivity contribution in [1.82, 2.24) is 4.90 Å². The molecular weight excluding hydrogens is 374 g/mol. The molecule has 0 radical (unpaired) electrons. The number of nitrogens with zero attached hydrogens (tertiary/aromatic N) is 3. The third-order valence-electron chi connectivity index (χ3n) is 4.65. The zero-order valence-corrected chi connectivity index (χ0v) is 16.4. The third-order valence-corrected chi connectivity index (χ3v) is 5.71. The summed E-state index contributed by atoms with van der Waals surface area (Å²) >= 11 is 1.35. The van der Waals surface area contributed by atoms with E-state index in [0.29, 0.717) is 10.1 Å². The zero-order chi connectivity index (χ0) is 19.5. The number of thioether (sulfide) groups is 1. The molecule has 2 saturated heterocycles. The molecule has 2 aromatic rings. The standard InChI is InChI=1S/C21H21N3O3S/c1-23-20(26)19(14-15-2-8-18(25)9-3-15)28-21(23)22-16-4-6-17(7-5-16)24-10-12-27-13-11-24/h2-9,14,25H,10-13H2,1H3/b19-14-,22-21?. The van der Waals surface area contributed by atoms with Crippen LogP contribution in [-0.4, -0.2) is 54.4 Å². The van der Waals surface area contributed by atoms with E-state index in [2.05, 4.69) is 22.0 Å². The van der Waals surface area contributed by atoms with Gasteiger partial charge in [-0.1, -0.05) is 12.1 Å². The fraction of sp³-hybridized carbons (Fsp3) is 0.238. The highest BCUT2D eigenvalue weighted by molar-refractivity contribution is 8.18. The van der Waals surface area contributed by atoms with Gasteiger partial charge in [0.1, 0.15) is 5.75 Å². The number of phenolic OH excluding ortho intramolecular Hbond substituents is 1. The highest BCUT2D eigenvalue weighted by Gasteiger charge is 2.30. The summed E-state index contributed by atoms with van der Waals surface area (Å²) in [5.74, 6) is 0.120. The Morgan fingerprint density at radius 1 is 1.07 bits per heavy atom. The summed E-state index contributed by atoms with van der Waals surface area (Å²) in [7, 11) is 1.73. The Bertz CT molecular complexity index is 917. The number of carbonyl (C=O) groups is 1. The number of hydrogen-bond donors (Lipinski definition) is 1. The van der Waals surface area contributed by atoms with Gasteiger partial charge in [0.05, 0.1) is 23.8 Å². The van der Waals surface area contributed by atoms with Crippen LogP contribution in [0.3, 0.4) is 0 Å². The lowest BCUT2D eigenvalue weighted by Crippen LogP contribution is -2.36. The summed E-state index contributed by atoms with van der Waals surface area (Å²) < 4.78 is 5.39. The van der Waals surface area contributed by atoms with E-state index in [9.17, 15) is 9.90 Å². The first-order chi connectivity index (χ1) is 13.6. The van der Waals surface area contributed by atoms with Crippen LogP contribution in [-0.2, 0) is 9.53 Å². The van der Waals surface area contributed by atoms with Gasteiger partial charge in [0.25, 0.3) is 5.91 Å². The molecule has 0 aliphatic carbocycles. The van der Waals surface area contributed by atoms with Crippen LogP contribution in [0, 0.1) is 0 Å². The van der Waals surface area contributed by atoms with E-state index >= 15 is 0 Å². The lowest BCUT2D eigenvalue weighted by Gasteiger charge is -2.28. The lowest BCUT2D eigenvalue weighted by molar-refractivity contribution is -0.121. The second-order valence-electron chi connectivity index (χ2n) is 6.58. The molecule has 2 heterocycles. The van der Waals surface area contributed by atoms with Crippen LogP contribution in [0.2, 0.25) is 0 Å². The Morgan fingerprint density at radius 3 is 2.43 bits per heavy atom. The Kier molecular flexibility index (Phi) is 5.36. The summed E-state index contributed by atoms with van der Waals surface area (Å²) in [6.45, 7) is 3.30. The van der Waals surface area contributed by atoms with Gasteiger partial charge in [-0.15, -0.1) is 0 Å². The maximum Gasteiger partial charge on any atom is 0.266 e. The van der Waals surface area contributed by atoms with Gasteiger partial charge >= 0.3 is 0 Å². The number of morpholine rings is 1. The van der Waals surface area contributed by atoms with Gasteiger partial charge in [0.15, 0.2) is 5.17 Å². The number of ether oxygens (including phenoxy) is 1. The average molecular weight is 395 g/mol. The number of aliphatic imine (C=N–C) groups is 1. The summed E-state index contributed by atoms with van der Waals surface area (Å²) in [4.78, 5) is 21.6. The van der Waals surface area contributed by atoms with E-state index < -0.39 is 0 Å². The normalized spacial score (nSPS) is 20.4. The minimum atomic E-state index is -0.0817. The number of benzene rings is 2. The lowest BCUT2D eigenvalue weighted by atomic mass is 10.2. The Hall–Kier alpha value is -2.77. The Balaban J connectivity index is 1.51. The number of amidine groups is 1. The van der Waals surface area contributed by atoms with Crippen molar-refractivity contribution in [3.8, 4) is 5.75 Å². The van der Waals surface area contributed by atoms with E-state index in [4.69, 9.17) is 4.74 Å². The monoisotopic (exact) mass is 395 g/mol. The number of rotatable bonds is 3. The van der Waals surface area contributed by atoms with E-state index in [1.165, 1.54) is 11.8 Å². The Morgan fingerprint density at radius 2 is 1.75 bits per heavy atom. The first-order valence-corrected chi connectivity index (χ1v) is 9.90. The number of likely N-dealkylation sites (N-methyl/N-ethyl adjacent to an activating group) is 1. The molecular formula is C21H21N3O3S. The number of aromatic hydroxyl groups is 1. The van der Waals surface area contributed by atoms with Crippen molar-refractivity contribution >= 4 is 40.3 Å². The van der Waals surface area contributed by atoms with Crippen molar-refractivity contribution < 1.29 is 14.6 Å². The minimum Gasteiger partial charge on any atom is -0.508 e. The minimum absolute atomic E-state index is 0.0817. The summed E-state index contributed by atoms with van der Waals surface area (Å²) in [5, 5.41) is 10.0. The molecule has 2 fully saturated rings. The molecule has 144 valence electrons. The molecule has 2 aliphatic rings. The second-order valence-corrected chi connectivity index (χ2v) is 7.59. The molecule has 0 unspecified atom stereocenters. The van der Waals surface area contributed by atoms with Crippen molar-refractivity contribution in [2.45, 2.75) is 0 Å². The van der Waals surface area contributed by atoms with E-state index in [1.807, 2.05) is 18.2 Å². The number of carbonyl (C=O) groups excluding carboxylic acids is 1. The molecule has 1 amide bonds. The second kappa shape index (κ2) is 8.08. The van der Waals surface area contributed by atoms with Crippen LogP contribution in [0.4, 0.5) is 11.4 Å². The molecule has 1 N–H and O–H groups in total. The van der Waals surface area contributed by atoms with Crippen molar-refractivity contribution in [2.24, 2.45) is 4.99 Å². The summed E-state index contributed by atoms with van der Waals surface area (Å²) in [5.41, 5.74) is 2.83. The molecule has 28 heavy (non-hydrogen) atoms. The zero-order valence-electron chi connectivity index (χ0n) is 15.5. The van der Waals surface area contributed by atoms with Gasteiger partial charge in [-0.25, -0.2) is 4.99 Å². The third kappa shape index (κ3) is 4.05. The number of hydrogen-bond acceptors (Lipinski definition) is 6.